The van der Waals surface area contributed by atoms with Gasteiger partial charge in [-0.3, -0.25) is 9.89 Å². The van der Waals surface area contributed by atoms with E-state index in [4.69, 9.17) is 21.1 Å². The molecule has 1 N–H and O–H groups in total. The van der Waals surface area contributed by atoms with Crippen LogP contribution < -0.4 is 4.74 Å². The molecule has 1 aromatic carbocycles. The number of halogens is 1. The number of methoxy groups -OCH3 is 2. The maximum Gasteiger partial charge on any atom is 0.209 e. The van der Waals surface area contributed by atoms with Gasteiger partial charge < -0.3 is 14.0 Å². The van der Waals surface area contributed by atoms with Gasteiger partial charge >= 0.3 is 0 Å². The average Bonchev–Trinajstić information content (AvgIpc) is 3.30. The van der Waals surface area contributed by atoms with Crippen molar-refractivity contribution >= 4 is 29.1 Å². The molecule has 0 aliphatic rings. The number of aryl methyl sites for hydroxylation is 1. The number of H-pyrrole nitrogens is 1. The summed E-state index contributed by atoms with van der Waals surface area (Å²) in [6.07, 6.45) is 0. The van der Waals surface area contributed by atoms with Crippen molar-refractivity contribution in [3.05, 3.63) is 46.2 Å². The number of hydrogen-bond acceptors (Lipinski definition) is 6. The van der Waals surface area contributed by atoms with E-state index in [2.05, 4.69) is 26.7 Å². The number of rotatable bonds is 9. The van der Waals surface area contributed by atoms with Crippen LogP contribution in [0.2, 0.25) is 5.02 Å². The Morgan fingerprint density at radius 1 is 1.30 bits per heavy atom. The van der Waals surface area contributed by atoms with Crippen molar-refractivity contribution in [2.45, 2.75) is 32.0 Å². The molecule has 0 bridgehead atoms. The molecule has 1 atom stereocenters. The summed E-state index contributed by atoms with van der Waals surface area (Å²) in [4.78, 5) is 17.3. The molecule has 2 heterocycles. The third-order valence-electron chi connectivity index (χ3n) is 4.85. The lowest BCUT2D eigenvalue weighted by atomic mass is 10.2. The van der Waals surface area contributed by atoms with Gasteiger partial charge in [-0.1, -0.05) is 23.4 Å². The van der Waals surface area contributed by atoms with E-state index >= 15 is 0 Å². The number of nitrogens with one attached hydrogen (secondary N) is 1. The highest BCUT2D eigenvalue weighted by atomic mass is 35.5. The number of aromatic nitrogens is 4. The molecule has 0 amide bonds. The predicted molar refractivity (Wildman–Crippen MR) is 119 cm³/mol. The Morgan fingerprint density at radius 2 is 2.07 bits per heavy atom. The minimum absolute atomic E-state index is 0.0376. The summed E-state index contributed by atoms with van der Waals surface area (Å²) < 4.78 is 12.8. The fourth-order valence-corrected chi connectivity index (χ4v) is 4.41. The molecule has 3 rings (SSSR count). The van der Waals surface area contributed by atoms with Crippen molar-refractivity contribution in [1.82, 2.24) is 19.7 Å². The molecule has 0 aliphatic carbocycles. The Labute approximate surface area is 185 Å². The minimum Gasteiger partial charge on any atom is -0.496 e. The lowest BCUT2D eigenvalue weighted by Crippen LogP contribution is -2.14. The number of Topliss-reactive ketones (excluding diaryl/α,β-unsaturated/α-hetero) is 1. The van der Waals surface area contributed by atoms with Crippen molar-refractivity contribution in [2.75, 3.05) is 26.6 Å². The number of hydrogen-bond donors (Lipinski definition) is 1. The molecule has 0 fully saturated rings. The molecule has 3 aromatic rings. The number of ketones is 1. The third-order valence-corrected chi connectivity index (χ3v) is 5.93. The number of carbonyl (C=O) groups is 1. The van der Waals surface area contributed by atoms with Crippen LogP contribution in [0.4, 0.5) is 0 Å². The van der Waals surface area contributed by atoms with Crippen LogP contribution in [0.3, 0.4) is 0 Å². The average molecular weight is 449 g/mol. The second kappa shape index (κ2) is 9.68. The quantitative estimate of drug-likeness (QED) is 0.376. The van der Waals surface area contributed by atoms with Crippen molar-refractivity contribution in [1.29, 1.82) is 0 Å². The normalized spacial score (nSPS) is 12.2. The Morgan fingerprint density at radius 3 is 2.77 bits per heavy atom. The topological polar surface area (TPSA) is 82.0 Å². The standard InChI is InChI=1S/C21H25ClN4O3S/c1-12-8-16(14(3)26(12)13(2)10-28-4)18(27)11-30-21-23-20(24-25-21)17-9-15(22)6-7-19(17)29-5/h6-9,13H,10-11H2,1-5H3,(H,23,24,25). The van der Waals surface area contributed by atoms with E-state index in [1.807, 2.05) is 19.9 Å². The molecule has 30 heavy (non-hydrogen) atoms. The monoisotopic (exact) mass is 448 g/mol. The highest BCUT2D eigenvalue weighted by Crippen LogP contribution is 2.31. The first kappa shape index (κ1) is 22.4. The largest absolute Gasteiger partial charge is 0.496 e. The second-order valence-corrected chi connectivity index (χ2v) is 8.36. The zero-order chi connectivity index (χ0) is 21.8. The van der Waals surface area contributed by atoms with Crippen molar-refractivity contribution in [3.8, 4) is 17.1 Å². The summed E-state index contributed by atoms with van der Waals surface area (Å²) in [6, 6.07) is 7.38. The summed E-state index contributed by atoms with van der Waals surface area (Å²) in [7, 11) is 3.26. The van der Waals surface area contributed by atoms with E-state index in [0.717, 1.165) is 17.0 Å². The molecule has 7 nitrogen and oxygen atoms in total. The van der Waals surface area contributed by atoms with Crippen molar-refractivity contribution < 1.29 is 14.3 Å². The first-order valence-electron chi connectivity index (χ1n) is 9.45. The highest BCUT2D eigenvalue weighted by molar-refractivity contribution is 7.99. The Balaban J connectivity index is 1.73. The van der Waals surface area contributed by atoms with Gasteiger partial charge in [-0.2, -0.15) is 0 Å². The van der Waals surface area contributed by atoms with Gasteiger partial charge in [-0.25, -0.2) is 4.98 Å². The van der Waals surface area contributed by atoms with Crippen LogP contribution in [0.1, 0.15) is 34.7 Å². The SMILES string of the molecule is COCC(C)n1c(C)cc(C(=O)CSc2n[nH]c(-c3cc(Cl)ccc3OC)n2)c1C. The van der Waals surface area contributed by atoms with E-state index in [9.17, 15) is 4.79 Å². The molecule has 0 spiro atoms. The third kappa shape index (κ3) is 4.71. The van der Waals surface area contributed by atoms with Gasteiger partial charge in [0.2, 0.25) is 5.16 Å². The minimum atomic E-state index is 0.0376. The zero-order valence-electron chi connectivity index (χ0n) is 17.7. The molecule has 9 heteroatoms. The summed E-state index contributed by atoms with van der Waals surface area (Å²) in [5, 5.41) is 8.17. The van der Waals surface area contributed by atoms with Gasteiger partial charge in [0, 0.05) is 29.1 Å². The van der Waals surface area contributed by atoms with E-state index in [1.165, 1.54) is 11.8 Å². The van der Waals surface area contributed by atoms with Gasteiger partial charge in [0.05, 0.1) is 31.1 Å². The number of ether oxygens (including phenoxy) is 2. The lowest BCUT2D eigenvalue weighted by molar-refractivity contribution is 0.102. The molecule has 0 aliphatic heterocycles. The van der Waals surface area contributed by atoms with Crippen LogP contribution in [0.15, 0.2) is 29.4 Å². The molecule has 160 valence electrons. The smallest absolute Gasteiger partial charge is 0.209 e. The van der Waals surface area contributed by atoms with E-state index in [0.29, 0.717) is 33.9 Å². The number of carbonyl (C=O) groups excluding carboxylic acids is 1. The number of benzene rings is 1. The van der Waals surface area contributed by atoms with Crippen molar-refractivity contribution in [3.63, 3.8) is 0 Å². The van der Waals surface area contributed by atoms with Crippen LogP contribution in [-0.2, 0) is 4.74 Å². The first-order chi connectivity index (χ1) is 14.3. The van der Waals surface area contributed by atoms with E-state index in [1.54, 1.807) is 32.4 Å². The Hall–Kier alpha value is -2.29. The summed E-state index contributed by atoms with van der Waals surface area (Å²) in [6.45, 7) is 6.63. The number of nitrogens with zero attached hydrogens (tertiary/aromatic N) is 3. The summed E-state index contributed by atoms with van der Waals surface area (Å²) >= 11 is 7.38. The van der Waals surface area contributed by atoms with Gasteiger partial charge in [0.25, 0.3) is 0 Å². The Bertz CT molecular complexity index is 1050. The molecule has 0 saturated heterocycles. The Kier molecular flexibility index (Phi) is 7.23. The van der Waals surface area contributed by atoms with Crippen LogP contribution in [0.25, 0.3) is 11.4 Å². The molecule has 2 aromatic heterocycles. The van der Waals surface area contributed by atoms with Gasteiger partial charge in [-0.05, 0) is 45.0 Å². The maximum atomic E-state index is 12.8. The fourth-order valence-electron chi connectivity index (χ4n) is 3.56. The molecule has 0 saturated carbocycles. The van der Waals surface area contributed by atoms with Crippen LogP contribution in [-0.4, -0.2) is 52.1 Å². The zero-order valence-corrected chi connectivity index (χ0v) is 19.2. The van der Waals surface area contributed by atoms with Gasteiger partial charge in [0.15, 0.2) is 11.6 Å². The maximum absolute atomic E-state index is 12.8. The van der Waals surface area contributed by atoms with Crippen LogP contribution >= 0.6 is 23.4 Å². The summed E-state index contributed by atoms with van der Waals surface area (Å²) in [5.41, 5.74) is 3.42. The van der Waals surface area contributed by atoms with Crippen LogP contribution in [0.5, 0.6) is 5.75 Å². The fraction of sp³-hybridized carbons (Fsp3) is 0.381. The summed E-state index contributed by atoms with van der Waals surface area (Å²) in [5.74, 6) is 1.46. The van der Waals surface area contributed by atoms with Gasteiger partial charge in [0.1, 0.15) is 5.75 Å². The predicted octanol–water partition coefficient (Wildman–Crippen LogP) is 4.73. The highest BCUT2D eigenvalue weighted by Gasteiger charge is 2.20. The lowest BCUT2D eigenvalue weighted by Gasteiger charge is -2.17. The van der Waals surface area contributed by atoms with Gasteiger partial charge in [-0.15, -0.1) is 5.10 Å². The van der Waals surface area contributed by atoms with E-state index in [-0.39, 0.29) is 17.6 Å². The number of aromatic amines is 1. The molecular formula is C21H25ClN4O3S. The number of thioether (sulfide) groups is 1. The van der Waals surface area contributed by atoms with E-state index < -0.39 is 0 Å². The molecule has 1 unspecified atom stereocenters. The van der Waals surface area contributed by atoms with Crippen molar-refractivity contribution in [2.24, 2.45) is 0 Å². The first-order valence-corrected chi connectivity index (χ1v) is 10.8. The van der Waals surface area contributed by atoms with Crippen LogP contribution in [0, 0.1) is 13.8 Å². The molecular weight excluding hydrogens is 424 g/mol. The second-order valence-electron chi connectivity index (χ2n) is 6.98. The molecule has 0 radical (unpaired) electrons.